The molecule has 5 heteroatoms. The molecule has 0 spiro atoms. The van der Waals surface area contributed by atoms with E-state index in [0.29, 0.717) is 5.76 Å². The van der Waals surface area contributed by atoms with Crippen LogP contribution in [0.25, 0.3) is 0 Å². The van der Waals surface area contributed by atoms with Gasteiger partial charge in [0.1, 0.15) is 18.2 Å². The van der Waals surface area contributed by atoms with Gasteiger partial charge in [-0.3, -0.25) is 14.6 Å². The van der Waals surface area contributed by atoms with Crippen molar-refractivity contribution >= 4 is 11.6 Å². The summed E-state index contributed by atoms with van der Waals surface area (Å²) < 4.78 is 10.8. The van der Waals surface area contributed by atoms with Gasteiger partial charge < -0.3 is 9.47 Å². The van der Waals surface area contributed by atoms with Crippen LogP contribution in [-0.2, 0) is 14.3 Å². The predicted molar refractivity (Wildman–Crippen MR) is 83.0 cm³/mol. The van der Waals surface area contributed by atoms with Crippen molar-refractivity contribution in [2.24, 2.45) is 0 Å². The van der Waals surface area contributed by atoms with Crippen molar-refractivity contribution in [3.8, 4) is 0 Å². The van der Waals surface area contributed by atoms with Gasteiger partial charge >= 0.3 is 0 Å². The molecule has 1 aliphatic carbocycles. The van der Waals surface area contributed by atoms with E-state index in [2.05, 4.69) is 11.1 Å². The third-order valence-electron chi connectivity index (χ3n) is 3.45. The van der Waals surface area contributed by atoms with Crippen molar-refractivity contribution in [2.45, 2.75) is 19.3 Å². The summed E-state index contributed by atoms with van der Waals surface area (Å²) in [5.41, 5.74) is 1.22. The summed E-state index contributed by atoms with van der Waals surface area (Å²) in [6, 6.07) is 4.99. The molecule has 0 aromatic carbocycles. The number of Topliss-reactive ketones (excluding diaryl/α,β-unsaturated/α-hetero) is 2. The first-order chi connectivity index (χ1) is 11.2. The summed E-state index contributed by atoms with van der Waals surface area (Å²) in [4.78, 5) is 28.2. The van der Waals surface area contributed by atoms with Crippen LogP contribution in [0.1, 0.15) is 29.8 Å². The van der Waals surface area contributed by atoms with Crippen LogP contribution in [0.15, 0.2) is 72.2 Å². The van der Waals surface area contributed by atoms with E-state index in [1.807, 2.05) is 12.2 Å². The van der Waals surface area contributed by atoms with Crippen LogP contribution in [0, 0.1) is 0 Å². The van der Waals surface area contributed by atoms with E-state index in [0.717, 1.165) is 18.4 Å². The molecule has 0 saturated heterocycles. The molecule has 0 radical (unpaired) electrons. The molecular formula is C18H15NO4. The normalized spacial score (nSPS) is 16.4. The highest BCUT2D eigenvalue weighted by Crippen LogP contribution is 2.26. The van der Waals surface area contributed by atoms with Gasteiger partial charge in [-0.1, -0.05) is 24.3 Å². The maximum atomic E-state index is 12.2. The van der Waals surface area contributed by atoms with Gasteiger partial charge in [0.15, 0.2) is 11.5 Å². The molecule has 116 valence electrons. The Balaban J connectivity index is 1.64. The lowest BCUT2D eigenvalue weighted by atomic mass is 10.0. The van der Waals surface area contributed by atoms with Crippen molar-refractivity contribution in [3.63, 3.8) is 0 Å². The molecule has 23 heavy (non-hydrogen) atoms. The quantitative estimate of drug-likeness (QED) is 0.617. The van der Waals surface area contributed by atoms with E-state index in [1.54, 1.807) is 18.2 Å². The van der Waals surface area contributed by atoms with Gasteiger partial charge in [-0.15, -0.1) is 0 Å². The maximum Gasteiger partial charge on any atom is 0.209 e. The SMILES string of the molecule is O=C(CC(=O)c1ccccn1)C1=COC=C(C2=CC=CCC2)O1. The fourth-order valence-electron chi connectivity index (χ4n) is 2.25. The molecule has 0 amide bonds. The van der Waals surface area contributed by atoms with Crippen LogP contribution in [0.5, 0.6) is 0 Å². The Morgan fingerprint density at radius 2 is 2.09 bits per heavy atom. The van der Waals surface area contributed by atoms with E-state index in [4.69, 9.17) is 9.47 Å². The first-order valence-electron chi connectivity index (χ1n) is 7.31. The van der Waals surface area contributed by atoms with Gasteiger partial charge in [0, 0.05) is 6.20 Å². The first kappa shape index (κ1) is 15.0. The molecule has 0 saturated carbocycles. The molecule has 3 rings (SSSR count). The molecule has 5 nitrogen and oxygen atoms in total. The summed E-state index contributed by atoms with van der Waals surface area (Å²) in [7, 11) is 0. The van der Waals surface area contributed by atoms with Crippen molar-refractivity contribution in [2.75, 3.05) is 0 Å². The summed E-state index contributed by atoms with van der Waals surface area (Å²) >= 11 is 0. The largest absolute Gasteiger partial charge is 0.465 e. The van der Waals surface area contributed by atoms with Gasteiger partial charge in [0.05, 0.1) is 6.42 Å². The maximum absolute atomic E-state index is 12.2. The minimum absolute atomic E-state index is 0.0298. The third kappa shape index (κ3) is 3.63. The van der Waals surface area contributed by atoms with Gasteiger partial charge in [-0.05, 0) is 30.5 Å². The zero-order chi connectivity index (χ0) is 16.1. The highest BCUT2D eigenvalue weighted by molar-refractivity contribution is 6.11. The molecule has 0 N–H and O–H groups in total. The Bertz CT molecular complexity index is 742. The van der Waals surface area contributed by atoms with E-state index >= 15 is 0 Å². The topological polar surface area (TPSA) is 65.5 Å². The highest BCUT2D eigenvalue weighted by Gasteiger charge is 2.23. The van der Waals surface area contributed by atoms with E-state index < -0.39 is 5.78 Å². The number of ether oxygens (including phenoxy) is 2. The Morgan fingerprint density at radius 3 is 2.83 bits per heavy atom. The molecule has 0 bridgehead atoms. The fourth-order valence-corrected chi connectivity index (χ4v) is 2.25. The Kier molecular flexibility index (Phi) is 4.47. The minimum Gasteiger partial charge on any atom is -0.465 e. The first-order valence-corrected chi connectivity index (χ1v) is 7.31. The second kappa shape index (κ2) is 6.87. The number of aromatic nitrogens is 1. The summed E-state index contributed by atoms with van der Waals surface area (Å²) in [6.45, 7) is 0. The second-order valence-electron chi connectivity index (χ2n) is 5.10. The highest BCUT2D eigenvalue weighted by atomic mass is 16.5. The second-order valence-corrected chi connectivity index (χ2v) is 5.10. The lowest BCUT2D eigenvalue weighted by Gasteiger charge is -2.18. The molecule has 1 aromatic heterocycles. The van der Waals surface area contributed by atoms with Crippen LogP contribution in [0.3, 0.4) is 0 Å². The van der Waals surface area contributed by atoms with Gasteiger partial charge in [0.2, 0.25) is 11.5 Å². The van der Waals surface area contributed by atoms with Crippen LogP contribution in [0.2, 0.25) is 0 Å². The van der Waals surface area contributed by atoms with Crippen LogP contribution in [0.4, 0.5) is 0 Å². The molecule has 1 aromatic rings. The van der Waals surface area contributed by atoms with Gasteiger partial charge in [-0.25, -0.2) is 0 Å². The number of hydrogen-bond acceptors (Lipinski definition) is 5. The van der Waals surface area contributed by atoms with Crippen molar-refractivity contribution < 1.29 is 19.1 Å². The molecule has 0 fully saturated rings. The number of allylic oxidation sites excluding steroid dienone is 5. The lowest BCUT2D eigenvalue weighted by molar-refractivity contribution is -0.117. The molecular weight excluding hydrogens is 294 g/mol. The number of carbonyl (C=O) groups is 2. The number of hydrogen-bond donors (Lipinski definition) is 0. The zero-order valence-corrected chi connectivity index (χ0v) is 12.4. The average molecular weight is 309 g/mol. The summed E-state index contributed by atoms with van der Waals surface area (Å²) in [6.07, 6.45) is 11.5. The van der Waals surface area contributed by atoms with E-state index in [-0.39, 0.29) is 23.7 Å². The van der Waals surface area contributed by atoms with Crippen molar-refractivity contribution in [1.82, 2.24) is 4.98 Å². The Labute approximate surface area is 133 Å². The molecule has 2 aliphatic rings. The van der Waals surface area contributed by atoms with Crippen molar-refractivity contribution in [1.29, 1.82) is 0 Å². The van der Waals surface area contributed by atoms with E-state index in [9.17, 15) is 9.59 Å². The zero-order valence-electron chi connectivity index (χ0n) is 12.4. The lowest BCUT2D eigenvalue weighted by Crippen LogP contribution is -2.16. The van der Waals surface area contributed by atoms with Gasteiger partial charge in [-0.2, -0.15) is 0 Å². The van der Waals surface area contributed by atoms with Crippen LogP contribution in [-0.4, -0.2) is 16.6 Å². The van der Waals surface area contributed by atoms with Gasteiger partial charge in [0.25, 0.3) is 0 Å². The molecule has 0 atom stereocenters. The summed E-state index contributed by atoms with van der Waals surface area (Å²) in [5.74, 6) is -0.248. The third-order valence-corrected chi connectivity index (χ3v) is 3.45. The van der Waals surface area contributed by atoms with Crippen LogP contribution >= 0.6 is 0 Å². The number of nitrogens with zero attached hydrogens (tertiary/aromatic N) is 1. The minimum atomic E-state index is -0.432. The number of pyridine rings is 1. The van der Waals surface area contributed by atoms with Crippen LogP contribution < -0.4 is 0 Å². The monoisotopic (exact) mass is 309 g/mol. The summed E-state index contributed by atoms with van der Waals surface area (Å²) in [5, 5.41) is 0. The van der Waals surface area contributed by atoms with E-state index in [1.165, 1.54) is 18.7 Å². The average Bonchev–Trinajstić information content (AvgIpc) is 2.63. The molecule has 1 aliphatic heterocycles. The number of carbonyl (C=O) groups excluding carboxylic acids is 2. The smallest absolute Gasteiger partial charge is 0.209 e. The number of rotatable bonds is 5. The standard InChI is InChI=1S/C18H15NO4/c20-15(14-8-4-5-9-19-14)10-16(21)18-12-22-11-17(23-18)13-6-2-1-3-7-13/h1-2,4-6,8-9,11-12H,3,7,10H2. The Hall–Kier alpha value is -2.95. The fraction of sp³-hybridized carbons (Fsp3) is 0.167. The number of ketones is 2. The molecule has 2 heterocycles. The predicted octanol–water partition coefficient (Wildman–Crippen LogP) is 3.23. The molecule has 0 unspecified atom stereocenters. The van der Waals surface area contributed by atoms with Crippen molar-refractivity contribution in [3.05, 3.63) is 77.9 Å². The Morgan fingerprint density at radius 1 is 1.17 bits per heavy atom.